The number of hydrogen-bond acceptors (Lipinski definition) is 4. The van der Waals surface area contributed by atoms with E-state index in [1.165, 1.54) is 35.6 Å². The Balaban J connectivity index is 2.03. The third-order valence-corrected chi connectivity index (χ3v) is 7.91. The van der Waals surface area contributed by atoms with Crippen LogP contribution in [-0.4, -0.2) is 49.8 Å². The molecule has 1 heterocycles. The van der Waals surface area contributed by atoms with E-state index in [4.69, 9.17) is 23.2 Å². The Morgan fingerprint density at radius 1 is 0.968 bits per heavy atom. The predicted octanol–water partition coefficient (Wildman–Crippen LogP) is 4.53. The van der Waals surface area contributed by atoms with Crippen molar-refractivity contribution in [3.8, 4) is 0 Å². The van der Waals surface area contributed by atoms with Crippen molar-refractivity contribution in [3.05, 3.63) is 57.6 Å². The van der Waals surface area contributed by atoms with Gasteiger partial charge < -0.3 is 10.0 Å². The number of para-hydroxylation sites is 1. The summed E-state index contributed by atoms with van der Waals surface area (Å²) in [5, 5.41) is 9.32. The van der Waals surface area contributed by atoms with Gasteiger partial charge in [0.25, 0.3) is 5.91 Å². The van der Waals surface area contributed by atoms with Crippen LogP contribution in [-0.2, 0) is 10.0 Å². The standard InChI is InChI=1S/C21H22Cl2N2O5S/c1-24(18-9-5-4-8-14(18)21(27)28)20(26)15-12-19(17(23)13-16(15)22)31(29,30)25-10-6-2-3-7-11-25/h4-5,8-9,12-13H,2-3,6-7,10-11H2,1H3,(H,27,28). The second-order valence-corrected chi connectivity index (χ2v) is 9.99. The lowest BCUT2D eigenvalue weighted by atomic mass is 10.1. The maximum Gasteiger partial charge on any atom is 0.337 e. The van der Waals surface area contributed by atoms with Gasteiger partial charge in [0, 0.05) is 20.1 Å². The van der Waals surface area contributed by atoms with E-state index in [1.807, 2.05) is 0 Å². The van der Waals surface area contributed by atoms with Crippen molar-refractivity contribution in [2.24, 2.45) is 0 Å². The molecular weight excluding hydrogens is 463 g/mol. The summed E-state index contributed by atoms with van der Waals surface area (Å²) in [5.41, 5.74) is 0.00550. The van der Waals surface area contributed by atoms with Gasteiger partial charge in [-0.15, -0.1) is 0 Å². The first-order chi connectivity index (χ1) is 14.6. The van der Waals surface area contributed by atoms with Crippen molar-refractivity contribution in [3.63, 3.8) is 0 Å². The van der Waals surface area contributed by atoms with Crippen molar-refractivity contribution in [1.82, 2.24) is 4.31 Å². The zero-order chi connectivity index (χ0) is 22.8. The van der Waals surface area contributed by atoms with Gasteiger partial charge in [-0.25, -0.2) is 13.2 Å². The number of carboxylic acids is 1. The fourth-order valence-corrected chi connectivity index (χ4v) is 5.89. The SMILES string of the molecule is CN(C(=O)c1cc(S(=O)(=O)N2CCCCCC2)c(Cl)cc1Cl)c1ccccc1C(=O)O. The molecule has 3 rings (SSSR count). The van der Waals surface area contributed by atoms with Crippen LogP contribution in [0.15, 0.2) is 41.3 Å². The fourth-order valence-electron chi connectivity index (χ4n) is 3.55. The molecule has 166 valence electrons. The van der Waals surface area contributed by atoms with Crippen molar-refractivity contribution < 1.29 is 23.1 Å². The summed E-state index contributed by atoms with van der Waals surface area (Å²) in [4.78, 5) is 25.6. The van der Waals surface area contributed by atoms with Crippen LogP contribution >= 0.6 is 23.2 Å². The van der Waals surface area contributed by atoms with E-state index in [1.54, 1.807) is 12.1 Å². The Hall–Kier alpha value is -2.13. The number of benzene rings is 2. The molecule has 1 N–H and O–H groups in total. The molecule has 0 saturated carbocycles. The highest BCUT2D eigenvalue weighted by molar-refractivity contribution is 7.89. The van der Waals surface area contributed by atoms with Gasteiger partial charge in [0.05, 0.1) is 26.9 Å². The van der Waals surface area contributed by atoms with E-state index in [0.29, 0.717) is 13.1 Å². The first-order valence-corrected chi connectivity index (χ1v) is 11.9. The minimum atomic E-state index is -3.92. The van der Waals surface area contributed by atoms with Gasteiger partial charge >= 0.3 is 5.97 Å². The summed E-state index contributed by atoms with van der Waals surface area (Å²) in [7, 11) is -2.52. The van der Waals surface area contributed by atoms with Crippen molar-refractivity contribution in [2.45, 2.75) is 30.6 Å². The highest BCUT2D eigenvalue weighted by Gasteiger charge is 2.30. The molecule has 0 bridgehead atoms. The van der Waals surface area contributed by atoms with Crippen LogP contribution in [0.1, 0.15) is 46.4 Å². The molecule has 1 amide bonds. The average Bonchev–Trinajstić information content (AvgIpc) is 3.03. The number of sulfonamides is 1. The molecule has 0 aliphatic carbocycles. The molecule has 1 aliphatic rings. The molecule has 1 fully saturated rings. The number of nitrogens with zero attached hydrogens (tertiary/aromatic N) is 2. The maximum atomic E-state index is 13.2. The lowest BCUT2D eigenvalue weighted by Crippen LogP contribution is -2.33. The smallest absolute Gasteiger partial charge is 0.337 e. The van der Waals surface area contributed by atoms with Gasteiger partial charge in [-0.1, -0.05) is 48.2 Å². The quantitative estimate of drug-likeness (QED) is 0.672. The summed E-state index contributed by atoms with van der Waals surface area (Å²) in [6, 6.07) is 8.42. The Bertz CT molecular complexity index is 1110. The van der Waals surface area contributed by atoms with Crippen LogP contribution in [0.2, 0.25) is 10.0 Å². The zero-order valence-corrected chi connectivity index (χ0v) is 19.2. The topological polar surface area (TPSA) is 95.0 Å². The minimum absolute atomic E-state index is 0.0236. The Kier molecular flexibility index (Phi) is 7.26. The summed E-state index contributed by atoms with van der Waals surface area (Å²) in [6.07, 6.45) is 3.42. The highest BCUT2D eigenvalue weighted by Crippen LogP contribution is 2.33. The minimum Gasteiger partial charge on any atom is -0.478 e. The van der Waals surface area contributed by atoms with Crippen molar-refractivity contribution in [1.29, 1.82) is 0 Å². The lowest BCUT2D eigenvalue weighted by Gasteiger charge is -2.23. The third-order valence-electron chi connectivity index (χ3n) is 5.24. The van der Waals surface area contributed by atoms with Gasteiger partial charge in [0.1, 0.15) is 4.90 Å². The Labute approximate surface area is 191 Å². The maximum absolute atomic E-state index is 13.2. The highest BCUT2D eigenvalue weighted by atomic mass is 35.5. The second kappa shape index (κ2) is 9.56. The van der Waals surface area contributed by atoms with Gasteiger partial charge in [-0.3, -0.25) is 4.79 Å². The molecule has 0 spiro atoms. The lowest BCUT2D eigenvalue weighted by molar-refractivity contribution is 0.0697. The summed E-state index contributed by atoms with van der Waals surface area (Å²) >= 11 is 12.5. The van der Waals surface area contributed by atoms with E-state index < -0.39 is 21.9 Å². The molecule has 2 aromatic carbocycles. The van der Waals surface area contributed by atoms with Gasteiger partial charge in [0.2, 0.25) is 10.0 Å². The van der Waals surface area contributed by atoms with Crippen LogP contribution in [0.5, 0.6) is 0 Å². The van der Waals surface area contributed by atoms with E-state index in [2.05, 4.69) is 0 Å². The second-order valence-electron chi connectivity index (χ2n) is 7.27. The number of aromatic carboxylic acids is 1. The third kappa shape index (κ3) is 4.87. The van der Waals surface area contributed by atoms with Crippen LogP contribution in [0.4, 0.5) is 5.69 Å². The van der Waals surface area contributed by atoms with Crippen LogP contribution in [0.25, 0.3) is 0 Å². The average molecular weight is 485 g/mol. The normalized spacial score (nSPS) is 15.3. The molecule has 1 aliphatic heterocycles. The largest absolute Gasteiger partial charge is 0.478 e. The molecule has 1 saturated heterocycles. The molecule has 0 aromatic heterocycles. The van der Waals surface area contributed by atoms with Crippen LogP contribution in [0.3, 0.4) is 0 Å². The summed E-state index contributed by atoms with van der Waals surface area (Å²) in [6.45, 7) is 0.771. The van der Waals surface area contributed by atoms with Crippen molar-refractivity contribution in [2.75, 3.05) is 25.0 Å². The molecule has 0 atom stereocenters. The molecule has 0 unspecified atom stereocenters. The van der Waals surface area contributed by atoms with Gasteiger partial charge in [-0.05, 0) is 37.1 Å². The number of carbonyl (C=O) groups excluding carboxylic acids is 1. The van der Waals surface area contributed by atoms with E-state index in [9.17, 15) is 23.1 Å². The number of rotatable bonds is 5. The Morgan fingerprint density at radius 2 is 1.58 bits per heavy atom. The van der Waals surface area contributed by atoms with Gasteiger partial charge in [-0.2, -0.15) is 4.31 Å². The number of carbonyl (C=O) groups is 2. The number of halogens is 2. The number of hydrogen-bond donors (Lipinski definition) is 1. The first-order valence-electron chi connectivity index (χ1n) is 9.74. The summed E-state index contributed by atoms with van der Waals surface area (Å²) < 4.78 is 27.8. The molecule has 31 heavy (non-hydrogen) atoms. The molecule has 7 nitrogen and oxygen atoms in total. The monoisotopic (exact) mass is 484 g/mol. The van der Waals surface area contributed by atoms with Crippen LogP contribution < -0.4 is 4.90 Å². The van der Waals surface area contributed by atoms with Crippen molar-refractivity contribution >= 4 is 50.8 Å². The van der Waals surface area contributed by atoms with E-state index in [-0.39, 0.29) is 31.8 Å². The van der Waals surface area contributed by atoms with E-state index >= 15 is 0 Å². The molecular formula is C21H22Cl2N2O5S. The first kappa shape index (κ1) is 23.5. The fraction of sp³-hybridized carbons (Fsp3) is 0.333. The Morgan fingerprint density at radius 3 is 2.19 bits per heavy atom. The zero-order valence-electron chi connectivity index (χ0n) is 16.8. The molecule has 10 heteroatoms. The number of amides is 1. The van der Waals surface area contributed by atoms with Gasteiger partial charge in [0.15, 0.2) is 0 Å². The number of carboxylic acid groups (broad SMARTS) is 1. The number of anilines is 1. The van der Waals surface area contributed by atoms with E-state index in [0.717, 1.165) is 30.6 Å². The molecule has 0 radical (unpaired) electrons. The summed E-state index contributed by atoms with van der Waals surface area (Å²) in [5.74, 6) is -1.84. The molecule has 2 aromatic rings. The predicted molar refractivity (Wildman–Crippen MR) is 120 cm³/mol. The van der Waals surface area contributed by atoms with Crippen LogP contribution in [0, 0.1) is 0 Å².